The molecule has 0 aromatic heterocycles. The van der Waals surface area contributed by atoms with Gasteiger partial charge in [0.1, 0.15) is 12.4 Å². The topological polar surface area (TPSA) is 58.9 Å². The van der Waals surface area contributed by atoms with Crippen LogP contribution in [0, 0.1) is 0 Å². The molecule has 1 spiro atoms. The number of nitrogens with zero attached hydrogens (tertiary/aromatic N) is 1. The van der Waals surface area contributed by atoms with Crippen LogP contribution >= 0.6 is 0 Å². The Morgan fingerprint density at radius 1 is 1.30 bits per heavy atom. The van der Waals surface area contributed by atoms with Gasteiger partial charge in [0, 0.05) is 18.3 Å². The van der Waals surface area contributed by atoms with E-state index in [1.165, 1.54) is 11.1 Å². The van der Waals surface area contributed by atoms with E-state index in [0.29, 0.717) is 37.2 Å². The molecule has 0 fully saturated rings. The smallest absolute Gasteiger partial charge is 0.169 e. The van der Waals surface area contributed by atoms with Crippen molar-refractivity contribution in [3.05, 3.63) is 46.7 Å². The highest BCUT2D eigenvalue weighted by atomic mass is 16.6. The van der Waals surface area contributed by atoms with Crippen LogP contribution < -0.4 is 0 Å². The number of aliphatic hydroxyl groups excluding tert-OH is 1. The Bertz CT molecular complexity index is 690. The van der Waals surface area contributed by atoms with Crippen LogP contribution in [0.2, 0.25) is 0 Å². The van der Waals surface area contributed by atoms with Crippen LogP contribution in [-0.2, 0) is 21.5 Å². The number of aliphatic hydroxyl groups is 1. The van der Waals surface area contributed by atoms with E-state index in [1.807, 2.05) is 26.0 Å². The number of allylic oxidation sites excluding steroid dienone is 2. The van der Waals surface area contributed by atoms with Crippen LogP contribution in [-0.4, -0.2) is 23.2 Å². The minimum Gasteiger partial charge on any atom is -0.511 e. The van der Waals surface area contributed by atoms with E-state index in [2.05, 4.69) is 17.3 Å². The van der Waals surface area contributed by atoms with Crippen LogP contribution in [0.3, 0.4) is 0 Å². The fraction of sp³-hybridized carbons (Fsp3) is 0.474. The summed E-state index contributed by atoms with van der Waals surface area (Å²) in [5, 5.41) is 14.6. The van der Waals surface area contributed by atoms with Gasteiger partial charge in [-0.2, -0.15) is 0 Å². The number of oxime groups is 1. The van der Waals surface area contributed by atoms with E-state index in [1.54, 1.807) is 0 Å². The van der Waals surface area contributed by atoms with E-state index in [4.69, 9.17) is 4.84 Å². The second kappa shape index (κ2) is 6.19. The van der Waals surface area contributed by atoms with Crippen molar-refractivity contribution in [3.63, 3.8) is 0 Å². The Balaban J connectivity index is 1.98. The minimum absolute atomic E-state index is 0.0224. The number of ketones is 1. The van der Waals surface area contributed by atoms with Gasteiger partial charge < -0.3 is 9.94 Å². The molecule has 1 aromatic rings. The van der Waals surface area contributed by atoms with Crippen molar-refractivity contribution < 1.29 is 14.7 Å². The first-order valence-corrected chi connectivity index (χ1v) is 8.34. The second-order valence-electron chi connectivity index (χ2n) is 6.35. The summed E-state index contributed by atoms with van der Waals surface area (Å²) in [7, 11) is 0. The minimum atomic E-state index is -0.244. The quantitative estimate of drug-likeness (QED) is 0.678. The molecule has 1 atom stereocenters. The van der Waals surface area contributed by atoms with Gasteiger partial charge >= 0.3 is 0 Å². The maximum Gasteiger partial charge on any atom is 0.169 e. The highest BCUT2D eigenvalue weighted by Crippen LogP contribution is 2.48. The third-order valence-corrected chi connectivity index (χ3v) is 4.96. The molecule has 3 rings (SSSR count). The average molecular weight is 313 g/mol. The molecule has 0 bridgehead atoms. The van der Waals surface area contributed by atoms with Crippen LogP contribution in [0.4, 0.5) is 0 Å². The van der Waals surface area contributed by atoms with Crippen LogP contribution in [0.5, 0.6) is 0 Å². The van der Waals surface area contributed by atoms with Crippen molar-refractivity contribution >= 4 is 11.5 Å². The molecule has 0 aliphatic heterocycles. The highest BCUT2D eigenvalue weighted by Gasteiger charge is 2.45. The van der Waals surface area contributed by atoms with Gasteiger partial charge in [-0.15, -0.1) is 0 Å². The molecule has 1 unspecified atom stereocenters. The van der Waals surface area contributed by atoms with Crippen molar-refractivity contribution in [2.75, 3.05) is 6.61 Å². The number of Topliss-reactive ketones (excluding diaryl/α,β-unsaturated/α-hetero) is 1. The Morgan fingerprint density at radius 2 is 2.09 bits per heavy atom. The van der Waals surface area contributed by atoms with E-state index in [0.717, 1.165) is 12.8 Å². The van der Waals surface area contributed by atoms with E-state index in [9.17, 15) is 9.90 Å². The lowest BCUT2D eigenvalue weighted by Gasteiger charge is -2.34. The molecule has 4 nitrogen and oxygen atoms in total. The molecule has 0 saturated carbocycles. The average Bonchev–Trinajstić information content (AvgIpc) is 2.88. The van der Waals surface area contributed by atoms with Crippen molar-refractivity contribution in [2.24, 2.45) is 5.16 Å². The summed E-state index contributed by atoms with van der Waals surface area (Å²) >= 11 is 0. The number of hydrogen-bond donors (Lipinski definition) is 1. The van der Waals surface area contributed by atoms with Gasteiger partial charge in [0.05, 0.1) is 11.3 Å². The summed E-state index contributed by atoms with van der Waals surface area (Å²) in [5.41, 5.74) is 3.20. The standard InChI is InChI=1S/C19H23NO3/c1-3-15(20-23-4-2)18-16(21)11-19(12-17(18)22)10-9-13-7-5-6-8-14(13)19/h5-8,21H,3-4,9-12H2,1-2H3. The van der Waals surface area contributed by atoms with Crippen molar-refractivity contribution in [2.45, 2.75) is 51.4 Å². The molecular formula is C19H23NO3. The maximum atomic E-state index is 12.8. The van der Waals surface area contributed by atoms with Gasteiger partial charge in [0.25, 0.3) is 0 Å². The summed E-state index contributed by atoms with van der Waals surface area (Å²) in [6.45, 7) is 4.21. The van der Waals surface area contributed by atoms with E-state index >= 15 is 0 Å². The number of rotatable bonds is 4. The number of carbonyl (C=O) groups is 1. The summed E-state index contributed by atoms with van der Waals surface area (Å²) in [4.78, 5) is 17.9. The predicted molar refractivity (Wildman–Crippen MR) is 89.7 cm³/mol. The third-order valence-electron chi connectivity index (χ3n) is 4.96. The van der Waals surface area contributed by atoms with E-state index < -0.39 is 0 Å². The molecule has 122 valence electrons. The van der Waals surface area contributed by atoms with Gasteiger partial charge in [-0.05, 0) is 37.3 Å². The van der Waals surface area contributed by atoms with Gasteiger partial charge in [-0.1, -0.05) is 36.3 Å². The lowest BCUT2D eigenvalue weighted by Crippen LogP contribution is -2.35. The second-order valence-corrected chi connectivity index (χ2v) is 6.35. The Kier molecular flexibility index (Phi) is 4.24. The van der Waals surface area contributed by atoms with Gasteiger partial charge in [-0.3, -0.25) is 4.79 Å². The SMILES string of the molecule is CCON=C(CC)C1=C(O)CC2(CCc3ccccc32)CC1=O. The molecular weight excluding hydrogens is 290 g/mol. The first kappa shape index (κ1) is 15.8. The first-order chi connectivity index (χ1) is 11.1. The molecule has 0 radical (unpaired) electrons. The third kappa shape index (κ3) is 2.67. The number of aryl methyl sites for hydroxylation is 1. The van der Waals surface area contributed by atoms with Crippen molar-refractivity contribution in [1.82, 2.24) is 0 Å². The molecule has 0 amide bonds. The Morgan fingerprint density at radius 3 is 2.78 bits per heavy atom. The zero-order chi connectivity index (χ0) is 16.4. The van der Waals surface area contributed by atoms with Crippen molar-refractivity contribution in [3.8, 4) is 0 Å². The number of hydrogen-bond acceptors (Lipinski definition) is 4. The lowest BCUT2D eigenvalue weighted by molar-refractivity contribution is -0.117. The normalized spacial score (nSPS) is 24.3. The van der Waals surface area contributed by atoms with Crippen LogP contribution in [0.25, 0.3) is 0 Å². The van der Waals surface area contributed by atoms with E-state index in [-0.39, 0.29) is 17.0 Å². The van der Waals surface area contributed by atoms with Gasteiger partial charge in [-0.25, -0.2) is 0 Å². The van der Waals surface area contributed by atoms with Gasteiger partial charge in [0.2, 0.25) is 0 Å². The number of benzene rings is 1. The Labute approximate surface area is 136 Å². The molecule has 1 N–H and O–H groups in total. The fourth-order valence-electron chi connectivity index (χ4n) is 3.92. The molecule has 2 aliphatic carbocycles. The van der Waals surface area contributed by atoms with Crippen LogP contribution in [0.1, 0.15) is 50.7 Å². The largest absolute Gasteiger partial charge is 0.511 e. The first-order valence-electron chi connectivity index (χ1n) is 8.34. The monoisotopic (exact) mass is 313 g/mol. The zero-order valence-corrected chi connectivity index (χ0v) is 13.8. The summed E-state index contributed by atoms with van der Waals surface area (Å²) in [6.07, 6.45) is 3.40. The summed E-state index contributed by atoms with van der Waals surface area (Å²) in [5.74, 6) is 0.143. The zero-order valence-electron chi connectivity index (χ0n) is 13.8. The molecule has 0 heterocycles. The maximum absolute atomic E-state index is 12.8. The fourth-order valence-corrected chi connectivity index (χ4v) is 3.92. The summed E-state index contributed by atoms with van der Waals surface area (Å²) in [6, 6.07) is 8.27. The molecule has 2 aliphatic rings. The number of carbonyl (C=O) groups excluding carboxylic acids is 1. The molecule has 23 heavy (non-hydrogen) atoms. The lowest BCUT2D eigenvalue weighted by atomic mass is 9.69. The van der Waals surface area contributed by atoms with Crippen molar-refractivity contribution in [1.29, 1.82) is 0 Å². The molecule has 0 saturated heterocycles. The highest BCUT2D eigenvalue weighted by molar-refractivity contribution is 6.23. The predicted octanol–water partition coefficient (Wildman–Crippen LogP) is 3.85. The molecule has 1 aromatic carbocycles. The number of fused-ring (bicyclic) bond motifs is 2. The van der Waals surface area contributed by atoms with Crippen LogP contribution in [0.15, 0.2) is 40.8 Å². The van der Waals surface area contributed by atoms with Gasteiger partial charge in [0.15, 0.2) is 5.78 Å². The molecule has 4 heteroatoms. The summed E-state index contributed by atoms with van der Waals surface area (Å²) < 4.78 is 0. The Hall–Kier alpha value is -2.10.